The van der Waals surface area contributed by atoms with Gasteiger partial charge >= 0.3 is 0 Å². The van der Waals surface area contributed by atoms with Crippen LogP contribution in [0.1, 0.15) is 26.4 Å². The number of halogens is 1. The molecule has 4 rings (SSSR count). The zero-order chi connectivity index (χ0) is 24.8. The monoisotopic (exact) mass is 474 g/mol. The van der Waals surface area contributed by atoms with E-state index in [1.165, 1.54) is 25.3 Å². The fourth-order valence-corrected chi connectivity index (χ4v) is 3.41. The largest absolute Gasteiger partial charge is 0.493 e. The highest BCUT2D eigenvalue weighted by Gasteiger charge is 2.12. The molecule has 0 atom stereocenters. The van der Waals surface area contributed by atoms with Crippen molar-refractivity contribution in [2.75, 3.05) is 24.9 Å². The van der Waals surface area contributed by atoms with Gasteiger partial charge in [0.05, 0.1) is 20.5 Å². The fourth-order valence-electron chi connectivity index (χ4n) is 3.41. The third kappa shape index (κ3) is 5.83. The first-order valence-electron chi connectivity index (χ1n) is 10.7. The first-order chi connectivity index (χ1) is 16.9. The van der Waals surface area contributed by atoms with E-state index in [0.29, 0.717) is 29.4 Å². The maximum Gasteiger partial charge on any atom is 0.275 e. The topological polar surface area (TPSA) is 94.5 Å². The molecule has 0 spiro atoms. The van der Waals surface area contributed by atoms with Gasteiger partial charge in [0, 0.05) is 35.7 Å². The van der Waals surface area contributed by atoms with Crippen molar-refractivity contribution in [3.05, 3.63) is 102 Å². The van der Waals surface area contributed by atoms with E-state index in [0.717, 1.165) is 5.56 Å². The van der Waals surface area contributed by atoms with Crippen LogP contribution in [0.3, 0.4) is 0 Å². The van der Waals surface area contributed by atoms with E-state index in [4.69, 9.17) is 9.47 Å². The number of aromatic nitrogens is 2. The lowest BCUT2D eigenvalue weighted by Gasteiger charge is -2.10. The van der Waals surface area contributed by atoms with Crippen LogP contribution in [0.25, 0.3) is 0 Å². The van der Waals surface area contributed by atoms with E-state index in [2.05, 4.69) is 15.6 Å². The molecule has 0 saturated carbocycles. The number of hydrogen-bond donors (Lipinski definition) is 2. The molecule has 2 N–H and O–H groups in total. The first kappa shape index (κ1) is 23.5. The number of imidazole rings is 1. The van der Waals surface area contributed by atoms with Gasteiger partial charge in [-0.3, -0.25) is 9.59 Å². The highest BCUT2D eigenvalue weighted by atomic mass is 19.1. The maximum atomic E-state index is 13.3. The number of methoxy groups -OCH3 is 2. The van der Waals surface area contributed by atoms with Crippen molar-refractivity contribution >= 4 is 23.2 Å². The van der Waals surface area contributed by atoms with Crippen LogP contribution < -0.4 is 20.1 Å². The van der Waals surface area contributed by atoms with Gasteiger partial charge in [-0.05, 0) is 48.0 Å². The van der Waals surface area contributed by atoms with Crippen LogP contribution in [-0.4, -0.2) is 35.6 Å². The lowest BCUT2D eigenvalue weighted by Crippen LogP contribution is -2.12. The summed E-state index contributed by atoms with van der Waals surface area (Å²) in [4.78, 5) is 29.1. The number of nitrogens with one attached hydrogen (secondary N) is 2. The van der Waals surface area contributed by atoms with Gasteiger partial charge in [0.2, 0.25) is 0 Å². The number of amides is 2. The van der Waals surface area contributed by atoms with Gasteiger partial charge in [0.25, 0.3) is 11.8 Å². The minimum atomic E-state index is -0.467. The Balaban J connectivity index is 1.36. The minimum absolute atomic E-state index is 0.242. The second kappa shape index (κ2) is 10.5. The lowest BCUT2D eigenvalue weighted by atomic mass is 10.1. The van der Waals surface area contributed by atoms with E-state index in [-0.39, 0.29) is 17.2 Å². The van der Waals surface area contributed by atoms with Crippen LogP contribution >= 0.6 is 0 Å². The van der Waals surface area contributed by atoms with Crippen molar-refractivity contribution in [2.45, 2.75) is 6.54 Å². The Bertz CT molecular complexity index is 1350. The smallest absolute Gasteiger partial charge is 0.275 e. The summed E-state index contributed by atoms with van der Waals surface area (Å²) in [5.74, 6) is -0.144. The highest BCUT2D eigenvalue weighted by Crippen LogP contribution is 2.29. The number of nitrogens with zero attached hydrogens (tertiary/aromatic N) is 2. The summed E-state index contributed by atoms with van der Waals surface area (Å²) in [6.07, 6.45) is 3.22. The second-order valence-electron chi connectivity index (χ2n) is 7.62. The minimum Gasteiger partial charge on any atom is -0.493 e. The number of hydrogen-bond acceptors (Lipinski definition) is 5. The molecule has 35 heavy (non-hydrogen) atoms. The van der Waals surface area contributed by atoms with Gasteiger partial charge in [-0.25, -0.2) is 9.37 Å². The number of carbonyl (C=O) groups is 2. The summed E-state index contributed by atoms with van der Waals surface area (Å²) >= 11 is 0. The SMILES string of the molecule is COc1ccc(NC(=O)c2cn(Cc3ccc(NC(=O)c4cccc(F)c4)cc3)cn2)cc1OC. The average Bonchev–Trinajstić information content (AvgIpc) is 3.34. The summed E-state index contributed by atoms with van der Waals surface area (Å²) in [7, 11) is 3.06. The van der Waals surface area contributed by atoms with Crippen molar-refractivity contribution in [1.29, 1.82) is 0 Å². The van der Waals surface area contributed by atoms with Crippen LogP contribution in [0.4, 0.5) is 15.8 Å². The molecule has 0 unspecified atom stereocenters. The van der Waals surface area contributed by atoms with Crippen LogP contribution in [0.2, 0.25) is 0 Å². The predicted molar refractivity (Wildman–Crippen MR) is 130 cm³/mol. The zero-order valence-corrected chi connectivity index (χ0v) is 19.1. The van der Waals surface area contributed by atoms with Crippen molar-refractivity contribution in [1.82, 2.24) is 9.55 Å². The van der Waals surface area contributed by atoms with Crippen LogP contribution in [0.5, 0.6) is 11.5 Å². The average molecular weight is 474 g/mol. The fraction of sp³-hybridized carbons (Fsp3) is 0.115. The lowest BCUT2D eigenvalue weighted by molar-refractivity contribution is 0.101. The Hall–Kier alpha value is -4.66. The van der Waals surface area contributed by atoms with E-state index in [1.54, 1.807) is 60.6 Å². The molecule has 8 nitrogen and oxygen atoms in total. The normalized spacial score (nSPS) is 10.5. The summed E-state index contributed by atoms with van der Waals surface area (Å²) < 4.78 is 25.6. The summed E-state index contributed by atoms with van der Waals surface area (Å²) in [5, 5.41) is 5.53. The van der Waals surface area contributed by atoms with E-state index < -0.39 is 11.7 Å². The third-order valence-corrected chi connectivity index (χ3v) is 5.17. The molecule has 0 fully saturated rings. The quantitative estimate of drug-likeness (QED) is 0.390. The van der Waals surface area contributed by atoms with Crippen LogP contribution in [-0.2, 0) is 6.54 Å². The van der Waals surface area contributed by atoms with Gasteiger partial charge < -0.3 is 24.7 Å². The van der Waals surface area contributed by atoms with Gasteiger partial charge in [-0.2, -0.15) is 0 Å². The van der Waals surface area contributed by atoms with E-state index in [1.807, 2.05) is 12.1 Å². The molecule has 0 aliphatic rings. The van der Waals surface area contributed by atoms with Crippen LogP contribution in [0.15, 0.2) is 79.3 Å². The number of carbonyl (C=O) groups excluding carboxylic acids is 2. The molecule has 0 saturated heterocycles. The molecule has 3 aromatic carbocycles. The highest BCUT2D eigenvalue weighted by molar-refractivity contribution is 6.04. The summed E-state index contributed by atoms with van der Waals surface area (Å²) in [6.45, 7) is 0.481. The molecular formula is C26H23FN4O4. The number of rotatable bonds is 8. The molecule has 4 aromatic rings. The number of benzene rings is 3. The molecule has 2 amide bonds. The molecule has 0 bridgehead atoms. The van der Waals surface area contributed by atoms with E-state index in [9.17, 15) is 14.0 Å². The van der Waals surface area contributed by atoms with Gasteiger partial charge in [0.1, 0.15) is 11.5 Å². The Morgan fingerprint density at radius 1 is 0.886 bits per heavy atom. The van der Waals surface area contributed by atoms with E-state index >= 15 is 0 Å². The van der Waals surface area contributed by atoms with Gasteiger partial charge in [-0.1, -0.05) is 18.2 Å². The Labute approximate surface area is 201 Å². The Morgan fingerprint density at radius 3 is 2.31 bits per heavy atom. The zero-order valence-electron chi connectivity index (χ0n) is 19.1. The van der Waals surface area contributed by atoms with Crippen molar-refractivity contribution in [2.24, 2.45) is 0 Å². The molecule has 0 aliphatic carbocycles. The van der Waals surface area contributed by atoms with Crippen molar-refractivity contribution in [3.63, 3.8) is 0 Å². The van der Waals surface area contributed by atoms with Crippen molar-refractivity contribution in [3.8, 4) is 11.5 Å². The molecule has 0 radical (unpaired) electrons. The maximum absolute atomic E-state index is 13.3. The Kier molecular flexibility index (Phi) is 7.06. The Morgan fingerprint density at radius 2 is 1.60 bits per heavy atom. The molecule has 9 heteroatoms. The molecule has 1 heterocycles. The van der Waals surface area contributed by atoms with Crippen molar-refractivity contribution < 1.29 is 23.5 Å². The first-order valence-corrected chi connectivity index (χ1v) is 10.7. The standard InChI is InChI=1S/C26H23FN4O4/c1-34-23-11-10-21(13-24(23)35-2)30-26(33)22-15-31(16-28-22)14-17-6-8-20(9-7-17)29-25(32)18-4-3-5-19(27)12-18/h3-13,15-16H,14H2,1-2H3,(H,29,32)(H,30,33). The molecular weight excluding hydrogens is 451 g/mol. The van der Waals surface area contributed by atoms with Crippen LogP contribution in [0, 0.1) is 5.82 Å². The number of anilines is 2. The number of ether oxygens (including phenoxy) is 2. The molecule has 0 aliphatic heterocycles. The third-order valence-electron chi connectivity index (χ3n) is 5.17. The van der Waals surface area contributed by atoms with Gasteiger partial charge in [0.15, 0.2) is 11.5 Å². The second-order valence-corrected chi connectivity index (χ2v) is 7.62. The molecule has 1 aromatic heterocycles. The van der Waals surface area contributed by atoms with Gasteiger partial charge in [-0.15, -0.1) is 0 Å². The predicted octanol–water partition coefficient (Wildman–Crippen LogP) is 4.59. The summed E-state index contributed by atoms with van der Waals surface area (Å²) in [6, 6.07) is 17.8. The molecule has 178 valence electrons. The summed E-state index contributed by atoms with van der Waals surface area (Å²) in [5.41, 5.74) is 2.59.